The van der Waals surface area contributed by atoms with Crippen molar-refractivity contribution < 1.29 is 49.5 Å². The van der Waals surface area contributed by atoms with Crippen molar-refractivity contribution in [2.24, 2.45) is 0 Å². The van der Waals surface area contributed by atoms with Gasteiger partial charge in [-0.15, -0.1) is 0 Å². The quantitative estimate of drug-likeness (QED) is 0.286. The molecule has 0 heterocycles. The minimum absolute atomic E-state index is 0. The van der Waals surface area contributed by atoms with Gasteiger partial charge in [0.25, 0.3) is 0 Å². The maximum Gasteiger partial charge on any atom is -1.00 e. The van der Waals surface area contributed by atoms with Crippen LogP contribution >= 0.6 is 0 Å². The van der Waals surface area contributed by atoms with Crippen molar-refractivity contribution in [1.29, 1.82) is 0 Å². The Morgan fingerprint density at radius 3 is 1.80 bits per heavy atom. The molecule has 4 aromatic rings. The molecule has 0 aliphatic heterocycles. The summed E-state index contributed by atoms with van der Waals surface area (Å²) in [5.41, 5.74) is 13.0. The van der Waals surface area contributed by atoms with Gasteiger partial charge in [-0.05, 0) is 0 Å². The molecule has 2 aliphatic rings. The minimum atomic E-state index is -1.30. The molecule has 44 heavy (non-hydrogen) atoms. The standard InChI is InChI=1S/C40H41Si.2ClH.Zr/c1-26-13-11-17-31(21-26)41(32-18-12-14-27(2)22-32)36-25-34-33-20-19-30(39(3,4)5)23-29(33)24-35(34)37(28-15-9-10-16-28)38(36)40(6,7)8;;;/h9-15,17-23,25H,16H2,1-8H3;2*1H;/q;;;+2/p-2. The second-order valence-electron chi connectivity index (χ2n) is 14.2. The molecule has 4 aromatic carbocycles. The maximum atomic E-state index is 2.63. The second kappa shape index (κ2) is 13.0. The van der Waals surface area contributed by atoms with E-state index in [2.05, 4.69) is 146 Å². The molecular formula is C40H41Cl2SiZr. The van der Waals surface area contributed by atoms with E-state index in [4.69, 9.17) is 0 Å². The first-order chi connectivity index (χ1) is 19.8. The molecule has 0 radical (unpaired) electrons. The topological polar surface area (TPSA) is 0 Å². The molecule has 0 saturated carbocycles. The van der Waals surface area contributed by atoms with Crippen LogP contribution in [0.1, 0.15) is 81.3 Å². The van der Waals surface area contributed by atoms with E-state index in [1.54, 1.807) is 4.81 Å². The van der Waals surface area contributed by atoms with Gasteiger partial charge in [0, 0.05) is 0 Å². The van der Waals surface area contributed by atoms with Crippen LogP contribution in [0, 0.1) is 18.7 Å². The minimum Gasteiger partial charge on any atom is -1.00 e. The van der Waals surface area contributed by atoms with Crippen LogP contribution in [0.2, 0.25) is 0 Å². The van der Waals surface area contributed by atoms with Crippen LogP contribution in [-0.4, -0.2) is 8.41 Å². The zero-order valence-electron chi connectivity index (χ0n) is 27.1. The average Bonchev–Trinajstić information content (AvgIpc) is 3.54. The largest absolute Gasteiger partial charge is 1.00 e. The molecule has 4 heteroatoms. The summed E-state index contributed by atoms with van der Waals surface area (Å²) in [5.74, 6) is 0. The van der Waals surface area contributed by atoms with Gasteiger partial charge >= 0.3 is 271 Å². The van der Waals surface area contributed by atoms with Gasteiger partial charge in [0.05, 0.1) is 0 Å². The summed E-state index contributed by atoms with van der Waals surface area (Å²) < 4.78 is 1.51. The van der Waals surface area contributed by atoms with Crippen molar-refractivity contribution in [3.8, 4) is 11.1 Å². The van der Waals surface area contributed by atoms with Gasteiger partial charge in [-0.1, -0.05) is 0 Å². The Balaban J connectivity index is 0.00000221. The predicted octanol–water partition coefficient (Wildman–Crippen LogP) is 2.08. The summed E-state index contributed by atoms with van der Waals surface area (Å²) in [4.78, 5) is 1.54. The van der Waals surface area contributed by atoms with Crippen LogP contribution in [-0.2, 0) is 35.5 Å². The van der Waals surface area contributed by atoms with E-state index < -0.39 is 8.41 Å². The number of halogens is 2. The van der Waals surface area contributed by atoms with Gasteiger partial charge in [-0.25, -0.2) is 0 Å². The van der Waals surface area contributed by atoms with Crippen molar-refractivity contribution in [2.45, 2.75) is 72.6 Å². The van der Waals surface area contributed by atoms with Crippen molar-refractivity contribution in [3.05, 3.63) is 134 Å². The molecule has 223 valence electrons. The first-order valence-corrected chi connectivity index (χ1v) is 17.9. The zero-order valence-corrected chi connectivity index (χ0v) is 32.1. The van der Waals surface area contributed by atoms with Crippen LogP contribution in [0.3, 0.4) is 0 Å². The summed E-state index contributed by atoms with van der Waals surface area (Å²) in [6, 6.07) is 28.5. The van der Waals surface area contributed by atoms with Crippen molar-refractivity contribution in [3.63, 3.8) is 0 Å². The molecule has 6 rings (SSSR count). The molecule has 0 atom stereocenters. The Bertz CT molecular complexity index is 1900. The van der Waals surface area contributed by atoms with Crippen molar-refractivity contribution in [2.75, 3.05) is 0 Å². The number of aryl methyl sites for hydroxylation is 2. The fourth-order valence-electron chi connectivity index (χ4n) is 6.75. The predicted molar refractivity (Wildman–Crippen MR) is 179 cm³/mol. The van der Waals surface area contributed by atoms with Gasteiger partial charge in [0.15, 0.2) is 0 Å². The number of allylic oxidation sites excluding steroid dienone is 4. The fourth-order valence-corrected chi connectivity index (χ4v) is 11.2. The fraction of sp³-hybridized carbons (Fsp3) is 0.275. The smallest absolute Gasteiger partial charge is 1.00 e. The summed E-state index contributed by atoms with van der Waals surface area (Å²) in [6.45, 7) is 18.7. The number of hydrogen-bond donors (Lipinski definition) is 0. The van der Waals surface area contributed by atoms with E-state index >= 15 is 0 Å². The third-order valence-electron chi connectivity index (χ3n) is 8.75. The second-order valence-corrected chi connectivity index (χ2v) is 17.8. The van der Waals surface area contributed by atoms with Crippen LogP contribution in [0.15, 0.2) is 91.0 Å². The summed E-state index contributed by atoms with van der Waals surface area (Å²) in [5, 5.41) is 4.43. The molecule has 0 aromatic heterocycles. The molecule has 0 fully saturated rings. The Hall–Kier alpha value is -2.09. The molecule has 0 amide bonds. The van der Waals surface area contributed by atoms with E-state index in [0.717, 1.165) is 6.42 Å². The van der Waals surface area contributed by atoms with Gasteiger partial charge in [0.2, 0.25) is 0 Å². The molecule has 0 spiro atoms. The van der Waals surface area contributed by atoms with E-state index in [1.165, 1.54) is 93.7 Å². The first-order valence-electron chi connectivity index (χ1n) is 15.2. The maximum absolute atomic E-state index is 2.63. The van der Waals surface area contributed by atoms with Gasteiger partial charge in [0.1, 0.15) is 0 Å². The molecule has 0 N–H and O–H groups in total. The number of fused-ring (bicyclic) bond motifs is 3. The van der Waals surface area contributed by atoms with Crippen LogP contribution in [0.25, 0.3) is 20.0 Å². The SMILES string of the molecule is Cc1cccc([Si](c2cccc(C)c2)=c2cc3c(c(C4=CC=CC4)c2C(C)(C)C)=[C]([Zr+2])c2cc(C(C)(C)C)ccc2-3)c1.[Cl-].[Cl-]. The first kappa shape index (κ1) is 34.8. The monoisotopic (exact) mass is 709 g/mol. The number of hydrogen-bond acceptors (Lipinski definition) is 0. The van der Waals surface area contributed by atoms with Crippen LogP contribution < -0.4 is 40.4 Å². The van der Waals surface area contributed by atoms with Gasteiger partial charge < -0.3 is 24.8 Å². The van der Waals surface area contributed by atoms with E-state index in [9.17, 15) is 0 Å². The Labute approximate surface area is 293 Å². The molecular weight excluding hydrogens is 671 g/mol. The third kappa shape index (κ3) is 6.30. The average molecular weight is 712 g/mol. The Kier molecular flexibility index (Phi) is 10.2. The molecule has 0 nitrogen and oxygen atoms in total. The number of benzene rings is 4. The Morgan fingerprint density at radius 2 is 1.30 bits per heavy atom. The van der Waals surface area contributed by atoms with Gasteiger partial charge in [-0.2, -0.15) is 0 Å². The molecule has 0 saturated heterocycles. The van der Waals surface area contributed by atoms with Gasteiger partial charge in [-0.3, -0.25) is 0 Å². The molecule has 2 aliphatic carbocycles. The van der Waals surface area contributed by atoms with Crippen molar-refractivity contribution >= 4 is 27.6 Å². The normalized spacial score (nSPS) is 13.6. The van der Waals surface area contributed by atoms with Crippen LogP contribution in [0.5, 0.6) is 0 Å². The van der Waals surface area contributed by atoms with E-state index in [-0.39, 0.29) is 35.6 Å². The van der Waals surface area contributed by atoms with Crippen molar-refractivity contribution in [1.82, 2.24) is 0 Å². The van der Waals surface area contributed by atoms with E-state index in [0.29, 0.717) is 0 Å². The summed E-state index contributed by atoms with van der Waals surface area (Å²) in [6.07, 6.45) is 7.98. The third-order valence-corrected chi connectivity index (χ3v) is 12.7. The number of rotatable bonds is 3. The molecule has 0 unspecified atom stereocenters. The molecule has 0 bridgehead atoms. The van der Waals surface area contributed by atoms with E-state index in [1.807, 2.05) is 0 Å². The Morgan fingerprint density at radius 1 is 0.682 bits per heavy atom. The van der Waals surface area contributed by atoms with Crippen LogP contribution in [0.4, 0.5) is 0 Å². The summed E-state index contributed by atoms with van der Waals surface area (Å²) in [7, 11) is -1.30. The summed E-state index contributed by atoms with van der Waals surface area (Å²) >= 11 is 1.49. The zero-order chi connectivity index (χ0) is 30.0.